The number of amides is 1. The summed E-state index contributed by atoms with van der Waals surface area (Å²) in [6, 6.07) is 5.23. The fourth-order valence-electron chi connectivity index (χ4n) is 1.18. The molecule has 0 radical (unpaired) electrons. The molecule has 0 saturated carbocycles. The maximum absolute atomic E-state index is 12.6. The van der Waals surface area contributed by atoms with Crippen molar-refractivity contribution in [2.45, 2.75) is 12.6 Å². The molecule has 0 heterocycles. The number of halogens is 1. The number of ether oxygens (including phenoxy) is 1. The second kappa shape index (κ2) is 6.19. The van der Waals surface area contributed by atoms with Crippen LogP contribution in [0.4, 0.5) is 4.39 Å². The van der Waals surface area contributed by atoms with E-state index in [1.54, 1.807) is 12.1 Å². The van der Waals surface area contributed by atoms with Crippen molar-refractivity contribution in [2.75, 3.05) is 13.7 Å². The molecule has 0 saturated heterocycles. The lowest BCUT2D eigenvalue weighted by Gasteiger charge is -2.11. The van der Waals surface area contributed by atoms with Crippen LogP contribution in [-0.4, -0.2) is 25.7 Å². The van der Waals surface area contributed by atoms with Gasteiger partial charge in [-0.1, -0.05) is 12.1 Å². The first-order chi connectivity index (χ1) is 7.63. The Morgan fingerprint density at radius 1 is 1.50 bits per heavy atom. The normalized spacial score (nSPS) is 12.2. The van der Waals surface area contributed by atoms with Crippen molar-refractivity contribution in [3.63, 3.8) is 0 Å². The van der Waals surface area contributed by atoms with Gasteiger partial charge in [-0.3, -0.25) is 4.79 Å². The van der Waals surface area contributed by atoms with Crippen molar-refractivity contribution < 1.29 is 13.9 Å². The minimum Gasteiger partial charge on any atom is -0.383 e. The Bertz CT molecular complexity index is 340. The van der Waals surface area contributed by atoms with Crippen molar-refractivity contribution in [1.82, 2.24) is 5.32 Å². The summed E-state index contributed by atoms with van der Waals surface area (Å²) in [7, 11) is 1.48. The number of hydrogen-bond acceptors (Lipinski definition) is 3. The zero-order chi connectivity index (χ0) is 12.0. The molecular weight excluding hydrogens is 211 g/mol. The maximum Gasteiger partial charge on any atom is 0.239 e. The highest BCUT2D eigenvalue weighted by Crippen LogP contribution is 2.01. The molecule has 0 aliphatic carbocycles. The lowest BCUT2D eigenvalue weighted by Crippen LogP contribution is -2.43. The van der Waals surface area contributed by atoms with E-state index in [4.69, 9.17) is 10.5 Å². The molecule has 5 heteroatoms. The molecule has 1 aromatic carbocycles. The summed E-state index contributed by atoms with van der Waals surface area (Å²) < 4.78 is 17.3. The molecule has 1 atom stereocenters. The van der Waals surface area contributed by atoms with Crippen LogP contribution in [0.2, 0.25) is 0 Å². The highest BCUT2D eigenvalue weighted by atomic mass is 19.1. The third-order valence-corrected chi connectivity index (χ3v) is 2.06. The predicted molar refractivity (Wildman–Crippen MR) is 58.1 cm³/mol. The number of rotatable bonds is 5. The van der Waals surface area contributed by atoms with Crippen LogP contribution in [-0.2, 0) is 16.1 Å². The summed E-state index contributed by atoms with van der Waals surface area (Å²) in [6.07, 6.45) is 0. The number of hydrogen-bond donors (Lipinski definition) is 2. The second-order valence-corrected chi connectivity index (χ2v) is 3.41. The van der Waals surface area contributed by atoms with Gasteiger partial charge in [0.2, 0.25) is 5.91 Å². The van der Waals surface area contributed by atoms with Crippen LogP contribution in [0.1, 0.15) is 5.56 Å². The van der Waals surface area contributed by atoms with E-state index in [2.05, 4.69) is 5.32 Å². The van der Waals surface area contributed by atoms with Gasteiger partial charge in [0, 0.05) is 13.7 Å². The van der Waals surface area contributed by atoms with E-state index in [9.17, 15) is 9.18 Å². The first-order valence-electron chi connectivity index (χ1n) is 4.90. The summed E-state index contributed by atoms with van der Waals surface area (Å²) in [5, 5.41) is 2.64. The van der Waals surface area contributed by atoms with E-state index in [-0.39, 0.29) is 18.3 Å². The average molecular weight is 226 g/mol. The molecule has 16 heavy (non-hydrogen) atoms. The molecule has 0 unspecified atom stereocenters. The molecule has 0 aromatic heterocycles. The maximum atomic E-state index is 12.6. The highest BCUT2D eigenvalue weighted by Gasteiger charge is 2.11. The molecule has 0 spiro atoms. The van der Waals surface area contributed by atoms with Crippen molar-refractivity contribution in [1.29, 1.82) is 0 Å². The molecule has 4 nitrogen and oxygen atoms in total. The van der Waals surface area contributed by atoms with Crippen LogP contribution in [0.15, 0.2) is 24.3 Å². The molecule has 0 aliphatic heterocycles. The minimum atomic E-state index is -0.676. The number of nitrogens with one attached hydrogen (secondary N) is 1. The summed E-state index contributed by atoms with van der Waals surface area (Å²) in [6.45, 7) is 0.506. The Balaban J connectivity index is 2.39. The molecular formula is C11H15FN2O2. The van der Waals surface area contributed by atoms with Gasteiger partial charge < -0.3 is 15.8 Å². The Labute approximate surface area is 93.6 Å². The Kier molecular flexibility index (Phi) is 4.88. The van der Waals surface area contributed by atoms with Crippen LogP contribution >= 0.6 is 0 Å². The third-order valence-electron chi connectivity index (χ3n) is 2.06. The topological polar surface area (TPSA) is 64.3 Å². The Morgan fingerprint density at radius 2 is 2.12 bits per heavy atom. The van der Waals surface area contributed by atoms with Gasteiger partial charge in [0.05, 0.1) is 6.61 Å². The molecule has 0 aliphatic rings. The second-order valence-electron chi connectivity index (χ2n) is 3.41. The van der Waals surface area contributed by atoms with Crippen molar-refractivity contribution in [3.05, 3.63) is 35.6 Å². The summed E-state index contributed by atoms with van der Waals surface area (Å²) in [5.41, 5.74) is 6.34. The Hall–Kier alpha value is -1.46. The fourth-order valence-corrected chi connectivity index (χ4v) is 1.18. The predicted octanol–water partition coefficient (Wildman–Crippen LogP) is 0.416. The number of carbonyl (C=O) groups excluding carboxylic acids is 1. The van der Waals surface area contributed by atoms with Crippen LogP contribution in [0.5, 0.6) is 0 Å². The van der Waals surface area contributed by atoms with Gasteiger partial charge in [0.25, 0.3) is 0 Å². The van der Waals surface area contributed by atoms with Crippen LogP contribution in [0.3, 0.4) is 0 Å². The smallest absolute Gasteiger partial charge is 0.239 e. The van der Waals surface area contributed by atoms with Gasteiger partial charge in [0.1, 0.15) is 11.9 Å². The number of benzene rings is 1. The van der Waals surface area contributed by atoms with E-state index in [1.165, 1.54) is 19.2 Å². The largest absolute Gasteiger partial charge is 0.383 e. The Morgan fingerprint density at radius 3 is 2.69 bits per heavy atom. The van der Waals surface area contributed by atoms with Gasteiger partial charge >= 0.3 is 0 Å². The third kappa shape index (κ3) is 3.96. The van der Waals surface area contributed by atoms with Crippen molar-refractivity contribution in [2.24, 2.45) is 5.73 Å². The van der Waals surface area contributed by atoms with Gasteiger partial charge in [-0.25, -0.2) is 4.39 Å². The van der Waals surface area contributed by atoms with E-state index in [0.29, 0.717) is 6.54 Å². The molecule has 3 N–H and O–H groups in total. The average Bonchev–Trinajstić information content (AvgIpc) is 2.28. The standard InChI is InChI=1S/C11H15FN2O2/c1-16-7-10(13)11(15)14-6-8-2-4-9(12)5-3-8/h2-5,10H,6-7,13H2,1H3,(H,14,15)/t10-/m0/s1. The van der Waals surface area contributed by atoms with E-state index < -0.39 is 6.04 Å². The van der Waals surface area contributed by atoms with Gasteiger partial charge in [-0.05, 0) is 17.7 Å². The fraction of sp³-hybridized carbons (Fsp3) is 0.364. The van der Waals surface area contributed by atoms with Crippen molar-refractivity contribution >= 4 is 5.91 Å². The molecule has 0 fully saturated rings. The summed E-state index contributed by atoms with van der Waals surface area (Å²) in [5.74, 6) is -0.586. The highest BCUT2D eigenvalue weighted by molar-refractivity contribution is 5.81. The van der Waals surface area contributed by atoms with Gasteiger partial charge in [0.15, 0.2) is 0 Å². The quantitative estimate of drug-likeness (QED) is 0.764. The van der Waals surface area contributed by atoms with E-state index >= 15 is 0 Å². The van der Waals surface area contributed by atoms with Gasteiger partial charge in [-0.15, -0.1) is 0 Å². The van der Waals surface area contributed by atoms with Crippen LogP contribution < -0.4 is 11.1 Å². The number of nitrogens with two attached hydrogens (primary N) is 1. The molecule has 0 bridgehead atoms. The SMILES string of the molecule is COC[C@H](N)C(=O)NCc1ccc(F)cc1. The van der Waals surface area contributed by atoms with Crippen LogP contribution in [0.25, 0.3) is 0 Å². The summed E-state index contributed by atoms with van der Waals surface area (Å²) in [4.78, 5) is 11.4. The zero-order valence-electron chi connectivity index (χ0n) is 9.07. The number of methoxy groups -OCH3 is 1. The van der Waals surface area contributed by atoms with Gasteiger partial charge in [-0.2, -0.15) is 0 Å². The number of carbonyl (C=O) groups is 1. The lowest BCUT2D eigenvalue weighted by molar-refractivity contribution is -0.123. The monoisotopic (exact) mass is 226 g/mol. The molecule has 88 valence electrons. The molecule has 1 amide bonds. The first kappa shape index (κ1) is 12.6. The molecule has 1 aromatic rings. The van der Waals surface area contributed by atoms with E-state index in [0.717, 1.165) is 5.56 Å². The summed E-state index contributed by atoms with van der Waals surface area (Å²) >= 11 is 0. The lowest BCUT2D eigenvalue weighted by atomic mass is 10.2. The molecule has 1 rings (SSSR count). The zero-order valence-corrected chi connectivity index (χ0v) is 9.07. The van der Waals surface area contributed by atoms with Crippen LogP contribution in [0, 0.1) is 5.82 Å². The first-order valence-corrected chi connectivity index (χ1v) is 4.90. The van der Waals surface area contributed by atoms with Crippen molar-refractivity contribution in [3.8, 4) is 0 Å². The minimum absolute atomic E-state index is 0.176. The van der Waals surface area contributed by atoms with E-state index in [1.807, 2.05) is 0 Å².